The van der Waals surface area contributed by atoms with Gasteiger partial charge in [0.25, 0.3) is 0 Å². The van der Waals surface area contributed by atoms with Crippen LogP contribution in [0.2, 0.25) is 0 Å². The van der Waals surface area contributed by atoms with Crippen LogP contribution in [-0.4, -0.2) is 17.0 Å². The van der Waals surface area contributed by atoms with E-state index in [4.69, 9.17) is 24.4 Å². The number of hydrogen-bond donors (Lipinski definition) is 1. The van der Waals surface area contributed by atoms with Gasteiger partial charge in [-0.2, -0.15) is 0 Å². The fraction of sp³-hybridized carbons (Fsp3) is 0.0476. The molecular formula is C21H12F6N2S2. The summed E-state index contributed by atoms with van der Waals surface area (Å²) in [5, 5.41) is 2.79. The standard InChI is InChI=1S/C21H12F6N2S2/c1-29(21(31)11-8-14(24)19(27)15(25)9-11)17-5-3-2-4-16(17)28-20(30)10-6-12(22)18(26)13(23)7-10/h2-9H,1H3,(H,28,30). The number of halogens is 6. The highest BCUT2D eigenvalue weighted by Crippen LogP contribution is 2.28. The average Bonchev–Trinajstić information content (AvgIpc) is 2.74. The van der Waals surface area contributed by atoms with Crippen LogP contribution in [0.5, 0.6) is 0 Å². The molecule has 160 valence electrons. The molecular weight excluding hydrogens is 458 g/mol. The van der Waals surface area contributed by atoms with Crippen molar-refractivity contribution < 1.29 is 26.3 Å². The molecule has 0 unspecified atom stereocenters. The predicted octanol–water partition coefficient (Wildman–Crippen LogP) is 6.12. The summed E-state index contributed by atoms with van der Waals surface area (Å²) in [4.78, 5) is 1.25. The van der Waals surface area contributed by atoms with Crippen molar-refractivity contribution in [3.63, 3.8) is 0 Å². The Bertz CT molecular complexity index is 1150. The maximum Gasteiger partial charge on any atom is 0.194 e. The van der Waals surface area contributed by atoms with Crippen LogP contribution in [0.25, 0.3) is 0 Å². The fourth-order valence-corrected chi connectivity index (χ4v) is 3.18. The molecule has 2 nitrogen and oxygen atoms in total. The fourth-order valence-electron chi connectivity index (χ4n) is 2.73. The second kappa shape index (κ2) is 9.03. The van der Waals surface area contributed by atoms with Crippen LogP contribution < -0.4 is 10.2 Å². The van der Waals surface area contributed by atoms with Gasteiger partial charge in [-0.1, -0.05) is 36.6 Å². The number of thiocarbonyl (C=S) groups is 2. The van der Waals surface area contributed by atoms with Crippen molar-refractivity contribution >= 4 is 45.8 Å². The van der Waals surface area contributed by atoms with E-state index in [0.717, 1.165) is 24.3 Å². The summed E-state index contributed by atoms with van der Waals surface area (Å²) in [6, 6.07) is 9.47. The van der Waals surface area contributed by atoms with E-state index in [-0.39, 0.29) is 21.1 Å². The molecule has 0 amide bonds. The first-order valence-corrected chi connectivity index (χ1v) is 9.39. The molecule has 0 saturated heterocycles. The monoisotopic (exact) mass is 470 g/mol. The van der Waals surface area contributed by atoms with Crippen molar-refractivity contribution in [2.75, 3.05) is 17.3 Å². The lowest BCUT2D eigenvalue weighted by Crippen LogP contribution is -2.27. The minimum Gasteiger partial charge on any atom is -0.344 e. The molecule has 0 bridgehead atoms. The number of nitrogens with one attached hydrogen (secondary N) is 1. The van der Waals surface area contributed by atoms with Gasteiger partial charge in [0.05, 0.1) is 11.4 Å². The van der Waals surface area contributed by atoms with Crippen LogP contribution in [0.4, 0.5) is 37.7 Å². The van der Waals surface area contributed by atoms with Gasteiger partial charge in [0.15, 0.2) is 34.9 Å². The van der Waals surface area contributed by atoms with Crippen molar-refractivity contribution in [3.8, 4) is 0 Å². The number of benzene rings is 3. The zero-order valence-electron chi connectivity index (χ0n) is 15.7. The summed E-state index contributed by atoms with van der Waals surface area (Å²) in [5.41, 5.74) is 0.552. The molecule has 0 fully saturated rings. The van der Waals surface area contributed by atoms with Gasteiger partial charge in [-0.25, -0.2) is 26.3 Å². The van der Waals surface area contributed by atoms with Gasteiger partial charge >= 0.3 is 0 Å². The number of anilines is 2. The Hall–Kier alpha value is -2.98. The molecule has 3 rings (SSSR count). The number of hydrogen-bond acceptors (Lipinski definition) is 2. The molecule has 31 heavy (non-hydrogen) atoms. The number of para-hydroxylation sites is 2. The summed E-state index contributed by atoms with van der Waals surface area (Å²) in [7, 11) is 1.50. The second-order valence-corrected chi connectivity index (χ2v) is 7.14. The molecule has 0 aliphatic rings. The van der Waals surface area contributed by atoms with Crippen molar-refractivity contribution in [1.29, 1.82) is 0 Å². The molecule has 0 radical (unpaired) electrons. The van der Waals surface area contributed by atoms with Crippen LogP contribution in [0.15, 0.2) is 48.5 Å². The van der Waals surface area contributed by atoms with E-state index >= 15 is 0 Å². The van der Waals surface area contributed by atoms with Gasteiger partial charge in [0, 0.05) is 18.2 Å². The molecule has 0 heterocycles. The third kappa shape index (κ3) is 4.70. The first kappa shape index (κ1) is 22.7. The molecule has 0 aliphatic heterocycles. The summed E-state index contributed by atoms with van der Waals surface area (Å²) in [6.07, 6.45) is 0. The molecule has 0 spiro atoms. The first-order chi connectivity index (χ1) is 14.6. The lowest BCUT2D eigenvalue weighted by Gasteiger charge is -2.24. The van der Waals surface area contributed by atoms with E-state index in [1.165, 1.54) is 11.9 Å². The minimum atomic E-state index is -1.62. The molecule has 10 heteroatoms. The highest BCUT2D eigenvalue weighted by Gasteiger charge is 2.19. The maximum atomic E-state index is 13.6. The molecule has 0 aliphatic carbocycles. The number of nitrogens with zero attached hydrogens (tertiary/aromatic N) is 1. The predicted molar refractivity (Wildman–Crippen MR) is 114 cm³/mol. The second-order valence-electron chi connectivity index (χ2n) is 6.34. The van der Waals surface area contributed by atoms with Gasteiger partial charge in [-0.05, 0) is 36.4 Å². The normalized spacial score (nSPS) is 10.7. The topological polar surface area (TPSA) is 15.3 Å². The van der Waals surface area contributed by atoms with Gasteiger partial charge in [-0.3, -0.25) is 0 Å². The molecule has 3 aromatic carbocycles. The van der Waals surface area contributed by atoms with Gasteiger partial charge in [0.1, 0.15) is 9.98 Å². The SMILES string of the molecule is CN(C(=S)c1cc(F)c(F)c(F)c1)c1ccccc1NC(=S)c1cc(F)c(F)c(F)c1. The Balaban J connectivity index is 1.91. The molecule has 0 saturated carbocycles. The molecule has 1 N–H and O–H groups in total. The summed E-state index contributed by atoms with van der Waals surface area (Å²) >= 11 is 10.4. The lowest BCUT2D eigenvalue weighted by molar-refractivity contribution is 0.447. The Morgan fingerprint density at radius 2 is 1.19 bits per heavy atom. The summed E-state index contributed by atoms with van der Waals surface area (Å²) in [6.45, 7) is 0. The van der Waals surface area contributed by atoms with Gasteiger partial charge < -0.3 is 10.2 Å². The van der Waals surface area contributed by atoms with Crippen LogP contribution >= 0.6 is 24.4 Å². The third-order valence-corrected chi connectivity index (χ3v) is 5.14. The van der Waals surface area contributed by atoms with Crippen LogP contribution in [0.1, 0.15) is 11.1 Å². The van der Waals surface area contributed by atoms with E-state index in [9.17, 15) is 26.3 Å². The lowest BCUT2D eigenvalue weighted by atomic mass is 10.1. The number of rotatable bonds is 4. The largest absolute Gasteiger partial charge is 0.344 e. The minimum absolute atomic E-state index is 0.0307. The highest BCUT2D eigenvalue weighted by atomic mass is 32.1. The smallest absolute Gasteiger partial charge is 0.194 e. The quantitative estimate of drug-likeness (QED) is 0.281. The zero-order valence-corrected chi connectivity index (χ0v) is 17.3. The summed E-state index contributed by atoms with van der Waals surface area (Å²) < 4.78 is 80.6. The Morgan fingerprint density at radius 3 is 1.71 bits per heavy atom. The Labute approximate surface area is 184 Å². The van der Waals surface area contributed by atoms with E-state index in [2.05, 4.69) is 5.32 Å². The maximum absolute atomic E-state index is 13.6. The van der Waals surface area contributed by atoms with E-state index in [1.807, 2.05) is 0 Å². The third-order valence-electron chi connectivity index (χ3n) is 4.30. The summed E-state index contributed by atoms with van der Waals surface area (Å²) in [5.74, 6) is -8.80. The molecule has 3 aromatic rings. The van der Waals surface area contributed by atoms with Crippen LogP contribution in [-0.2, 0) is 0 Å². The van der Waals surface area contributed by atoms with Crippen LogP contribution in [0.3, 0.4) is 0 Å². The van der Waals surface area contributed by atoms with E-state index in [1.54, 1.807) is 24.3 Å². The van der Waals surface area contributed by atoms with Crippen molar-refractivity contribution in [2.45, 2.75) is 0 Å². The average molecular weight is 470 g/mol. The Morgan fingerprint density at radius 1 is 0.742 bits per heavy atom. The Kier molecular flexibility index (Phi) is 6.61. The van der Waals surface area contributed by atoms with Crippen molar-refractivity contribution in [1.82, 2.24) is 0 Å². The van der Waals surface area contributed by atoms with Gasteiger partial charge in [0.2, 0.25) is 0 Å². The van der Waals surface area contributed by atoms with Crippen molar-refractivity contribution in [3.05, 3.63) is 94.6 Å². The van der Waals surface area contributed by atoms with E-state index < -0.39 is 34.9 Å². The van der Waals surface area contributed by atoms with Crippen LogP contribution in [0, 0.1) is 34.9 Å². The molecule has 0 aromatic heterocycles. The highest BCUT2D eigenvalue weighted by molar-refractivity contribution is 7.81. The first-order valence-electron chi connectivity index (χ1n) is 8.57. The van der Waals surface area contributed by atoms with Crippen molar-refractivity contribution in [2.24, 2.45) is 0 Å². The van der Waals surface area contributed by atoms with E-state index in [0.29, 0.717) is 11.4 Å². The van der Waals surface area contributed by atoms with Gasteiger partial charge in [-0.15, -0.1) is 0 Å². The molecule has 0 atom stereocenters. The zero-order chi connectivity index (χ0) is 22.9.